The largest absolute Gasteiger partial charge is 0.333 e. The zero-order chi connectivity index (χ0) is 13.7. The number of nitrogens with one attached hydrogen (secondary N) is 1. The van der Waals surface area contributed by atoms with Gasteiger partial charge in [0.25, 0.3) is 0 Å². The van der Waals surface area contributed by atoms with Crippen LogP contribution in [0.1, 0.15) is 27.4 Å². The van der Waals surface area contributed by atoms with Crippen LogP contribution in [0.5, 0.6) is 0 Å². The van der Waals surface area contributed by atoms with Crippen molar-refractivity contribution < 1.29 is 4.79 Å². The highest BCUT2D eigenvalue weighted by Crippen LogP contribution is 2.11. The van der Waals surface area contributed by atoms with Crippen molar-refractivity contribution in [3.05, 3.63) is 34.9 Å². The second-order valence-electron chi connectivity index (χ2n) is 3.41. The molecule has 0 unspecified atom stereocenters. The van der Waals surface area contributed by atoms with Gasteiger partial charge in [0.1, 0.15) is 11.8 Å². The molecule has 2 rings (SSSR count). The van der Waals surface area contributed by atoms with E-state index < -0.39 is 0 Å². The summed E-state index contributed by atoms with van der Waals surface area (Å²) < 4.78 is 1.57. The Balaban J connectivity index is 0.000000771. The lowest BCUT2D eigenvalue weighted by Gasteiger charge is -1.93. The number of H-pyrrole nitrogens is 1. The van der Waals surface area contributed by atoms with Gasteiger partial charge in [0, 0.05) is 19.3 Å². The molecule has 7 heteroatoms. The van der Waals surface area contributed by atoms with Gasteiger partial charge in [-0.3, -0.25) is 14.6 Å². The summed E-state index contributed by atoms with van der Waals surface area (Å²) in [5.74, 6) is -0.209. The first-order valence-electron chi connectivity index (χ1n) is 5.20. The van der Waals surface area contributed by atoms with E-state index in [2.05, 4.69) is 21.0 Å². The van der Waals surface area contributed by atoms with E-state index in [9.17, 15) is 4.79 Å². The van der Waals surface area contributed by atoms with Crippen LogP contribution in [0.15, 0.2) is 12.3 Å². The van der Waals surface area contributed by atoms with E-state index in [-0.39, 0.29) is 11.5 Å². The Morgan fingerprint density at radius 1 is 1.56 bits per heavy atom. The van der Waals surface area contributed by atoms with Crippen molar-refractivity contribution in [2.45, 2.75) is 6.92 Å². The Hall–Kier alpha value is -2.46. The number of rotatable bonds is 2. The van der Waals surface area contributed by atoms with Gasteiger partial charge in [-0.2, -0.15) is 15.5 Å². The first-order valence-corrected chi connectivity index (χ1v) is 5.20. The first-order chi connectivity index (χ1) is 8.61. The van der Waals surface area contributed by atoms with Crippen LogP contribution in [0.25, 0.3) is 0 Å². The predicted octanol–water partition coefficient (Wildman–Crippen LogP) is 0.129. The van der Waals surface area contributed by atoms with Gasteiger partial charge in [-0.1, -0.05) is 0 Å². The fourth-order valence-electron chi connectivity index (χ4n) is 1.46. The van der Waals surface area contributed by atoms with Gasteiger partial charge in [-0.25, -0.2) is 0 Å². The van der Waals surface area contributed by atoms with E-state index in [4.69, 9.17) is 5.26 Å². The molecule has 0 aliphatic carbocycles. The summed E-state index contributed by atoms with van der Waals surface area (Å²) in [4.78, 5) is 12.0. The van der Waals surface area contributed by atoms with Gasteiger partial charge in [0.15, 0.2) is 5.69 Å². The molecule has 0 aliphatic rings. The molecule has 0 amide bonds. The van der Waals surface area contributed by atoms with Crippen molar-refractivity contribution in [1.82, 2.24) is 20.0 Å². The molecule has 0 aromatic carbocycles. The third-order valence-corrected chi connectivity index (χ3v) is 2.20. The third-order valence-electron chi connectivity index (χ3n) is 2.20. The molecule has 0 spiro atoms. The van der Waals surface area contributed by atoms with Gasteiger partial charge >= 0.3 is 0 Å². The summed E-state index contributed by atoms with van der Waals surface area (Å²) in [7, 11) is 3.25. The third kappa shape index (κ3) is 2.61. The van der Waals surface area contributed by atoms with E-state index in [1.54, 1.807) is 24.9 Å². The maximum Gasteiger partial charge on any atom is 0.214 e. The van der Waals surface area contributed by atoms with Crippen LogP contribution in [0.3, 0.4) is 0 Å². The Morgan fingerprint density at radius 3 is 2.67 bits per heavy atom. The number of nitrogens with zero attached hydrogens (tertiary/aromatic N) is 4. The normalized spacial score (nSPS) is 9.28. The number of carbonyl (C=O) groups is 1. The van der Waals surface area contributed by atoms with Crippen molar-refractivity contribution in [3.8, 4) is 6.07 Å². The zero-order valence-electron chi connectivity index (χ0n) is 10.4. The van der Waals surface area contributed by atoms with Crippen LogP contribution in [0.4, 0.5) is 0 Å². The topological polar surface area (TPSA) is 113 Å². The number of nitriles is 1. The maximum atomic E-state index is 12.0. The van der Waals surface area contributed by atoms with Crippen LogP contribution in [0, 0.1) is 18.3 Å². The van der Waals surface area contributed by atoms with Crippen LogP contribution < -0.4 is 5.73 Å². The highest BCUT2D eigenvalue weighted by molar-refractivity contribution is 6.08. The minimum absolute atomic E-state index is 0.199. The lowest BCUT2D eigenvalue weighted by molar-refractivity contribution is 0.103. The maximum absolute atomic E-state index is 12.0. The lowest BCUT2D eigenvalue weighted by atomic mass is 10.1. The molecule has 18 heavy (non-hydrogen) atoms. The second-order valence-corrected chi connectivity index (χ2v) is 3.41. The van der Waals surface area contributed by atoms with Gasteiger partial charge in [-0.15, -0.1) is 0 Å². The van der Waals surface area contributed by atoms with Gasteiger partial charge < -0.3 is 5.73 Å². The predicted molar refractivity (Wildman–Crippen MR) is 64.8 cm³/mol. The van der Waals surface area contributed by atoms with Crippen LogP contribution in [0.2, 0.25) is 0 Å². The average Bonchev–Trinajstić information content (AvgIpc) is 2.97. The molecule has 2 aromatic heterocycles. The molecular formula is C11H14N6O. The molecule has 0 saturated heterocycles. The van der Waals surface area contributed by atoms with Crippen molar-refractivity contribution in [1.29, 1.82) is 5.26 Å². The number of aryl methyl sites for hydroxylation is 2. The van der Waals surface area contributed by atoms with Crippen molar-refractivity contribution in [2.24, 2.45) is 12.8 Å². The van der Waals surface area contributed by atoms with Gasteiger partial charge in [0.2, 0.25) is 5.78 Å². The SMILES string of the molecule is CN.Cc1nn(C)cc1C(=O)c1cc(C#N)n[nH]1. The zero-order valence-corrected chi connectivity index (χ0v) is 10.4. The summed E-state index contributed by atoms with van der Waals surface area (Å²) in [6, 6.07) is 3.28. The molecule has 94 valence electrons. The summed E-state index contributed by atoms with van der Waals surface area (Å²) in [6.45, 7) is 1.76. The summed E-state index contributed by atoms with van der Waals surface area (Å²) in [6.07, 6.45) is 1.64. The number of hydrogen-bond donors (Lipinski definition) is 2. The number of carbonyl (C=O) groups excluding carboxylic acids is 1. The molecule has 0 aliphatic heterocycles. The quantitative estimate of drug-likeness (QED) is 0.731. The number of nitrogens with two attached hydrogens (primary N) is 1. The van der Waals surface area contributed by atoms with Crippen molar-refractivity contribution >= 4 is 5.78 Å². The van der Waals surface area contributed by atoms with E-state index in [0.29, 0.717) is 17.0 Å². The molecule has 0 radical (unpaired) electrons. The Morgan fingerprint density at radius 2 is 2.22 bits per heavy atom. The van der Waals surface area contributed by atoms with Gasteiger partial charge in [0.05, 0.1) is 11.3 Å². The molecule has 0 atom stereocenters. The Labute approximate surface area is 104 Å². The average molecular weight is 246 g/mol. The van der Waals surface area contributed by atoms with Crippen molar-refractivity contribution in [2.75, 3.05) is 7.05 Å². The number of aromatic nitrogens is 4. The Kier molecular flexibility index (Phi) is 4.34. The fraction of sp³-hybridized carbons (Fsp3) is 0.273. The summed E-state index contributed by atoms with van der Waals surface area (Å²) >= 11 is 0. The first kappa shape index (κ1) is 13.6. The smallest absolute Gasteiger partial charge is 0.214 e. The van der Waals surface area contributed by atoms with E-state index >= 15 is 0 Å². The van der Waals surface area contributed by atoms with E-state index in [1.165, 1.54) is 13.1 Å². The molecular weight excluding hydrogens is 232 g/mol. The highest BCUT2D eigenvalue weighted by Gasteiger charge is 2.16. The van der Waals surface area contributed by atoms with Gasteiger partial charge in [-0.05, 0) is 14.0 Å². The highest BCUT2D eigenvalue weighted by atomic mass is 16.1. The van der Waals surface area contributed by atoms with Crippen LogP contribution in [-0.4, -0.2) is 32.8 Å². The van der Waals surface area contributed by atoms with E-state index in [1.807, 2.05) is 6.07 Å². The second kappa shape index (κ2) is 5.75. The molecule has 7 nitrogen and oxygen atoms in total. The summed E-state index contributed by atoms with van der Waals surface area (Å²) in [5, 5.41) is 18.9. The van der Waals surface area contributed by atoms with Crippen LogP contribution in [-0.2, 0) is 7.05 Å². The van der Waals surface area contributed by atoms with Crippen molar-refractivity contribution in [3.63, 3.8) is 0 Å². The molecule has 2 aromatic rings. The number of ketones is 1. The lowest BCUT2D eigenvalue weighted by Crippen LogP contribution is -2.02. The standard InChI is InChI=1S/C10H9N5O.CH5N/c1-6-8(5-15(2)14-6)10(16)9-3-7(4-11)12-13-9;1-2/h3,5H,1-2H3,(H,12,13);2H2,1H3. The van der Waals surface area contributed by atoms with Crippen LogP contribution >= 0.6 is 0 Å². The minimum Gasteiger partial charge on any atom is -0.333 e. The molecule has 2 heterocycles. The molecule has 0 bridgehead atoms. The molecule has 0 saturated carbocycles. The molecule has 0 fully saturated rings. The number of hydrogen-bond acceptors (Lipinski definition) is 5. The summed E-state index contributed by atoms with van der Waals surface area (Å²) in [5.41, 5.74) is 6.16. The monoisotopic (exact) mass is 246 g/mol. The minimum atomic E-state index is -0.209. The fourth-order valence-corrected chi connectivity index (χ4v) is 1.46. The Bertz CT molecular complexity index is 589. The van der Waals surface area contributed by atoms with E-state index in [0.717, 1.165) is 0 Å². The molecule has 3 N–H and O–H groups in total. The number of aromatic amines is 1.